The SMILES string of the molecule is CCOc1cc(Oc2c(F)cc(C(F)(F)F)cc2Cl)ccc1[N+](=O)[O-]. The molecule has 0 aromatic heterocycles. The lowest BCUT2D eigenvalue weighted by Gasteiger charge is -2.13. The first-order valence-corrected chi connectivity index (χ1v) is 7.16. The average Bonchev–Trinajstić information content (AvgIpc) is 2.50. The van der Waals surface area contributed by atoms with E-state index in [1.54, 1.807) is 6.92 Å². The van der Waals surface area contributed by atoms with Crippen molar-refractivity contribution >= 4 is 17.3 Å². The molecule has 0 fully saturated rings. The summed E-state index contributed by atoms with van der Waals surface area (Å²) in [5, 5.41) is 10.3. The molecule has 0 saturated heterocycles. The number of alkyl halides is 3. The molecule has 10 heteroatoms. The zero-order valence-electron chi connectivity index (χ0n) is 12.6. The minimum absolute atomic E-state index is 0.0883. The van der Waals surface area contributed by atoms with Crippen LogP contribution in [0, 0.1) is 15.9 Å². The second kappa shape index (κ2) is 7.14. The molecule has 2 rings (SSSR count). The van der Waals surface area contributed by atoms with Crippen LogP contribution in [0.3, 0.4) is 0 Å². The van der Waals surface area contributed by atoms with Gasteiger partial charge in [-0.2, -0.15) is 13.2 Å². The summed E-state index contributed by atoms with van der Waals surface area (Å²) < 4.78 is 62.0. The maximum absolute atomic E-state index is 13.9. The van der Waals surface area contributed by atoms with Crippen LogP contribution in [-0.2, 0) is 6.18 Å². The molecule has 0 N–H and O–H groups in total. The number of halogens is 5. The minimum atomic E-state index is -4.77. The number of benzene rings is 2. The molecule has 2 aromatic rings. The van der Waals surface area contributed by atoms with E-state index < -0.39 is 33.3 Å². The normalized spacial score (nSPS) is 11.3. The third kappa shape index (κ3) is 4.30. The van der Waals surface area contributed by atoms with Gasteiger partial charge in [-0.15, -0.1) is 0 Å². The minimum Gasteiger partial charge on any atom is -0.487 e. The highest BCUT2D eigenvalue weighted by atomic mass is 35.5. The summed E-state index contributed by atoms with van der Waals surface area (Å²) in [5.74, 6) is -2.18. The third-order valence-corrected chi connectivity index (χ3v) is 3.25. The fourth-order valence-corrected chi connectivity index (χ4v) is 2.17. The molecule has 0 aliphatic carbocycles. The van der Waals surface area contributed by atoms with Gasteiger partial charge < -0.3 is 9.47 Å². The van der Waals surface area contributed by atoms with E-state index in [-0.39, 0.29) is 29.9 Å². The fourth-order valence-electron chi connectivity index (χ4n) is 1.92. The fraction of sp³-hybridized carbons (Fsp3) is 0.200. The first kappa shape index (κ1) is 18.8. The van der Waals surface area contributed by atoms with Crippen molar-refractivity contribution in [2.75, 3.05) is 6.61 Å². The van der Waals surface area contributed by atoms with E-state index in [9.17, 15) is 27.7 Å². The van der Waals surface area contributed by atoms with Crippen LogP contribution < -0.4 is 9.47 Å². The van der Waals surface area contributed by atoms with E-state index in [4.69, 9.17) is 21.1 Å². The van der Waals surface area contributed by atoms with Crippen molar-refractivity contribution in [2.24, 2.45) is 0 Å². The molecular weight excluding hydrogens is 370 g/mol. The van der Waals surface area contributed by atoms with E-state index >= 15 is 0 Å². The van der Waals surface area contributed by atoms with Crippen molar-refractivity contribution < 1.29 is 32.0 Å². The van der Waals surface area contributed by atoms with Crippen LogP contribution in [0.25, 0.3) is 0 Å². The first-order valence-electron chi connectivity index (χ1n) is 6.78. The molecule has 0 amide bonds. The van der Waals surface area contributed by atoms with Gasteiger partial charge in [-0.05, 0) is 25.1 Å². The molecule has 5 nitrogen and oxygen atoms in total. The number of nitro groups is 1. The molecule has 0 atom stereocenters. The zero-order chi connectivity index (χ0) is 18.8. The van der Waals surface area contributed by atoms with Gasteiger partial charge in [-0.1, -0.05) is 11.6 Å². The van der Waals surface area contributed by atoms with E-state index in [1.165, 1.54) is 0 Å². The molecule has 25 heavy (non-hydrogen) atoms. The van der Waals surface area contributed by atoms with Gasteiger partial charge >= 0.3 is 11.9 Å². The molecule has 0 aliphatic rings. The molecule has 0 radical (unpaired) electrons. The number of hydrogen-bond acceptors (Lipinski definition) is 4. The monoisotopic (exact) mass is 379 g/mol. The predicted molar refractivity (Wildman–Crippen MR) is 80.8 cm³/mol. The van der Waals surface area contributed by atoms with Gasteiger partial charge in [0.25, 0.3) is 0 Å². The highest BCUT2D eigenvalue weighted by Gasteiger charge is 2.32. The standard InChI is InChI=1S/C15H10ClF4NO4/c1-2-24-13-7-9(3-4-12(13)21(22)23)25-14-10(16)5-8(6-11(14)17)15(18,19)20/h3-7H,2H2,1H3. The Morgan fingerprint density at radius 2 is 1.92 bits per heavy atom. The molecule has 0 bridgehead atoms. The number of rotatable bonds is 5. The molecule has 0 heterocycles. The Hall–Kier alpha value is -2.55. The second-order valence-electron chi connectivity index (χ2n) is 4.69. The Morgan fingerprint density at radius 3 is 2.44 bits per heavy atom. The topological polar surface area (TPSA) is 61.6 Å². The predicted octanol–water partition coefficient (Wildman–Crippen LogP) is 5.60. The Balaban J connectivity index is 2.40. The summed E-state index contributed by atoms with van der Waals surface area (Å²) in [6.45, 7) is 1.73. The van der Waals surface area contributed by atoms with Crippen LogP contribution >= 0.6 is 11.6 Å². The molecule has 0 aliphatic heterocycles. The van der Waals surface area contributed by atoms with Crippen molar-refractivity contribution in [3.63, 3.8) is 0 Å². The average molecular weight is 380 g/mol. The van der Waals surface area contributed by atoms with Gasteiger partial charge in [0.2, 0.25) is 5.75 Å². The van der Waals surface area contributed by atoms with Gasteiger partial charge in [0.05, 0.1) is 22.1 Å². The summed E-state index contributed by atoms with van der Waals surface area (Å²) in [7, 11) is 0. The molecule has 134 valence electrons. The molecule has 2 aromatic carbocycles. The van der Waals surface area contributed by atoms with E-state index in [0.29, 0.717) is 6.07 Å². The zero-order valence-corrected chi connectivity index (χ0v) is 13.3. The van der Waals surface area contributed by atoms with Crippen LogP contribution in [0.15, 0.2) is 30.3 Å². The van der Waals surface area contributed by atoms with Crippen LogP contribution in [-0.4, -0.2) is 11.5 Å². The lowest BCUT2D eigenvalue weighted by molar-refractivity contribution is -0.385. The van der Waals surface area contributed by atoms with Gasteiger partial charge in [-0.3, -0.25) is 10.1 Å². The van der Waals surface area contributed by atoms with Crippen molar-refractivity contribution in [3.05, 3.63) is 56.8 Å². The largest absolute Gasteiger partial charge is 0.487 e. The lowest BCUT2D eigenvalue weighted by Crippen LogP contribution is -2.06. The quantitative estimate of drug-likeness (QED) is 0.385. The van der Waals surface area contributed by atoms with Gasteiger partial charge in [0.15, 0.2) is 11.6 Å². The summed E-state index contributed by atoms with van der Waals surface area (Å²) in [5.41, 5.74) is -1.60. The maximum Gasteiger partial charge on any atom is 0.416 e. The summed E-state index contributed by atoms with van der Waals surface area (Å²) >= 11 is 5.67. The van der Waals surface area contributed by atoms with E-state index in [1.807, 2.05) is 0 Å². The Bertz CT molecular complexity index is 788. The summed E-state index contributed by atoms with van der Waals surface area (Å²) in [6, 6.07) is 4.10. The second-order valence-corrected chi connectivity index (χ2v) is 5.10. The lowest BCUT2D eigenvalue weighted by atomic mass is 10.2. The maximum atomic E-state index is 13.9. The van der Waals surface area contributed by atoms with E-state index in [0.717, 1.165) is 18.2 Å². The Kier molecular flexibility index (Phi) is 5.36. The first-order chi connectivity index (χ1) is 11.6. The number of nitro benzene ring substituents is 1. The van der Waals surface area contributed by atoms with Crippen molar-refractivity contribution in [3.8, 4) is 17.2 Å². The molecular formula is C15H10ClF4NO4. The Labute approximate surface area is 143 Å². The smallest absolute Gasteiger partial charge is 0.416 e. The van der Waals surface area contributed by atoms with Crippen molar-refractivity contribution in [1.82, 2.24) is 0 Å². The van der Waals surface area contributed by atoms with Crippen LogP contribution in [0.4, 0.5) is 23.2 Å². The van der Waals surface area contributed by atoms with Gasteiger partial charge in [-0.25, -0.2) is 4.39 Å². The molecule has 0 unspecified atom stereocenters. The number of ether oxygens (including phenoxy) is 2. The number of hydrogen-bond donors (Lipinski definition) is 0. The highest BCUT2D eigenvalue weighted by Crippen LogP contribution is 2.40. The van der Waals surface area contributed by atoms with E-state index in [2.05, 4.69) is 0 Å². The highest BCUT2D eigenvalue weighted by molar-refractivity contribution is 6.32. The van der Waals surface area contributed by atoms with Crippen molar-refractivity contribution in [1.29, 1.82) is 0 Å². The Morgan fingerprint density at radius 1 is 1.24 bits per heavy atom. The molecule has 0 spiro atoms. The van der Waals surface area contributed by atoms with Crippen LogP contribution in [0.5, 0.6) is 17.2 Å². The van der Waals surface area contributed by atoms with Gasteiger partial charge in [0, 0.05) is 12.1 Å². The van der Waals surface area contributed by atoms with Gasteiger partial charge in [0.1, 0.15) is 5.75 Å². The summed E-state index contributed by atoms with van der Waals surface area (Å²) in [6.07, 6.45) is -4.77. The van der Waals surface area contributed by atoms with Crippen molar-refractivity contribution in [2.45, 2.75) is 13.1 Å². The third-order valence-electron chi connectivity index (χ3n) is 2.97. The summed E-state index contributed by atoms with van der Waals surface area (Å²) in [4.78, 5) is 10.2. The number of nitrogens with zero attached hydrogens (tertiary/aromatic N) is 1. The van der Waals surface area contributed by atoms with Crippen LogP contribution in [0.2, 0.25) is 5.02 Å². The molecule has 0 saturated carbocycles. The van der Waals surface area contributed by atoms with Crippen LogP contribution in [0.1, 0.15) is 12.5 Å².